The molecule has 1 N–H and O–H groups in total. The molecule has 1 saturated heterocycles. The minimum atomic E-state index is -0.741. The van der Waals surface area contributed by atoms with Crippen LogP contribution in [0, 0.1) is 6.92 Å². The average molecular weight is 452 g/mol. The molecule has 0 radical (unpaired) electrons. The Balaban J connectivity index is 2.10. The smallest absolute Gasteiger partial charge is 0.308 e. The van der Waals surface area contributed by atoms with Gasteiger partial charge in [-0.05, 0) is 61.7 Å². The Morgan fingerprint density at radius 1 is 1.09 bits per heavy atom. The second-order valence-electron chi connectivity index (χ2n) is 7.92. The number of esters is 1. The maximum atomic E-state index is 13.0. The molecule has 0 spiro atoms. The molecule has 1 aliphatic heterocycles. The van der Waals surface area contributed by atoms with Crippen molar-refractivity contribution in [1.29, 1.82) is 0 Å². The van der Waals surface area contributed by atoms with E-state index in [1.807, 2.05) is 20.8 Å². The summed E-state index contributed by atoms with van der Waals surface area (Å²) < 4.78 is 10.7. The first-order valence-electron chi connectivity index (χ1n) is 11.1. The van der Waals surface area contributed by atoms with Crippen molar-refractivity contribution in [2.75, 3.05) is 13.2 Å². The number of likely N-dealkylation sites (tertiary alicyclic amines) is 1. The summed E-state index contributed by atoms with van der Waals surface area (Å²) in [5, 5.41) is 11.2. The second kappa shape index (κ2) is 10.3. The number of amides is 1. The molecule has 174 valence electrons. The largest absolute Gasteiger partial charge is 0.507 e. The highest BCUT2D eigenvalue weighted by molar-refractivity contribution is 6.46. The number of hydrogen-bond donors (Lipinski definition) is 1. The van der Waals surface area contributed by atoms with Crippen LogP contribution in [0.25, 0.3) is 5.76 Å². The van der Waals surface area contributed by atoms with Crippen LogP contribution in [0.5, 0.6) is 11.5 Å². The van der Waals surface area contributed by atoms with Gasteiger partial charge in [0.15, 0.2) is 0 Å². The van der Waals surface area contributed by atoms with Gasteiger partial charge >= 0.3 is 5.97 Å². The number of hydrogen-bond acceptors (Lipinski definition) is 6. The van der Waals surface area contributed by atoms with Gasteiger partial charge in [-0.1, -0.05) is 25.5 Å². The summed E-state index contributed by atoms with van der Waals surface area (Å²) in [4.78, 5) is 38.7. The minimum absolute atomic E-state index is 0.0416. The molecule has 1 amide bonds. The van der Waals surface area contributed by atoms with E-state index in [1.165, 1.54) is 11.8 Å². The summed E-state index contributed by atoms with van der Waals surface area (Å²) in [7, 11) is 0. The van der Waals surface area contributed by atoms with Crippen LogP contribution in [0.1, 0.15) is 56.3 Å². The third-order valence-electron chi connectivity index (χ3n) is 5.50. The quantitative estimate of drug-likeness (QED) is 0.208. The SMILES string of the molecule is CCCCN1C(=O)C(=O)/C(=C(\O)c2ccc(OCC)c(C)c2)C1c1ccc(OC(C)=O)cc1. The molecule has 0 aromatic heterocycles. The first-order valence-corrected chi connectivity index (χ1v) is 11.1. The molecule has 2 aromatic carbocycles. The number of ether oxygens (including phenoxy) is 2. The van der Waals surface area contributed by atoms with Gasteiger partial charge in [-0.3, -0.25) is 14.4 Å². The van der Waals surface area contributed by atoms with Gasteiger partial charge in [-0.25, -0.2) is 0 Å². The predicted octanol–water partition coefficient (Wildman–Crippen LogP) is 4.54. The van der Waals surface area contributed by atoms with Gasteiger partial charge < -0.3 is 19.5 Å². The third kappa shape index (κ3) is 5.08. The Kier molecular flexibility index (Phi) is 7.53. The number of Topliss-reactive ketones (excluding diaryl/α,β-unsaturated/α-hetero) is 1. The van der Waals surface area contributed by atoms with Crippen LogP contribution in [0.2, 0.25) is 0 Å². The number of carbonyl (C=O) groups is 3. The van der Waals surface area contributed by atoms with Gasteiger partial charge in [0.05, 0.1) is 18.2 Å². The number of ketones is 1. The summed E-state index contributed by atoms with van der Waals surface area (Å²) in [5.74, 6) is -0.977. The Labute approximate surface area is 193 Å². The summed E-state index contributed by atoms with van der Waals surface area (Å²) in [6.07, 6.45) is 1.57. The van der Waals surface area contributed by atoms with Gasteiger partial charge in [-0.2, -0.15) is 0 Å². The zero-order chi connectivity index (χ0) is 24.1. The van der Waals surface area contributed by atoms with Crippen LogP contribution in [-0.4, -0.2) is 40.8 Å². The highest BCUT2D eigenvalue weighted by Crippen LogP contribution is 2.40. The fraction of sp³-hybridized carbons (Fsp3) is 0.346. The Morgan fingerprint density at radius 2 is 1.79 bits per heavy atom. The number of benzene rings is 2. The highest BCUT2D eigenvalue weighted by atomic mass is 16.5. The van der Waals surface area contributed by atoms with E-state index in [0.29, 0.717) is 35.8 Å². The van der Waals surface area contributed by atoms with Crippen LogP contribution in [0.3, 0.4) is 0 Å². The molecule has 0 bridgehead atoms. The minimum Gasteiger partial charge on any atom is -0.507 e. The summed E-state index contributed by atoms with van der Waals surface area (Å²) >= 11 is 0. The number of nitrogens with zero attached hydrogens (tertiary/aromatic N) is 1. The molecular weight excluding hydrogens is 422 g/mol. The monoisotopic (exact) mass is 451 g/mol. The zero-order valence-electron chi connectivity index (χ0n) is 19.4. The molecule has 0 saturated carbocycles. The zero-order valence-corrected chi connectivity index (χ0v) is 19.4. The normalized spacial score (nSPS) is 17.3. The lowest BCUT2D eigenvalue weighted by Crippen LogP contribution is -2.30. The topological polar surface area (TPSA) is 93.1 Å². The summed E-state index contributed by atoms with van der Waals surface area (Å²) in [6, 6.07) is 11.0. The Bertz CT molecular complexity index is 1090. The molecule has 1 aliphatic rings. The molecule has 2 aromatic rings. The van der Waals surface area contributed by atoms with Crippen molar-refractivity contribution in [2.45, 2.75) is 46.6 Å². The predicted molar refractivity (Wildman–Crippen MR) is 124 cm³/mol. The van der Waals surface area contributed by atoms with Gasteiger partial charge in [-0.15, -0.1) is 0 Å². The summed E-state index contributed by atoms with van der Waals surface area (Å²) in [5.41, 5.74) is 1.93. The number of carbonyl (C=O) groups excluding carboxylic acids is 3. The van der Waals surface area contributed by atoms with E-state index in [-0.39, 0.29) is 11.3 Å². The van der Waals surface area contributed by atoms with Crippen molar-refractivity contribution in [3.63, 3.8) is 0 Å². The van der Waals surface area contributed by atoms with E-state index in [0.717, 1.165) is 18.4 Å². The van der Waals surface area contributed by atoms with Gasteiger partial charge in [0.2, 0.25) is 0 Å². The van der Waals surface area contributed by atoms with Gasteiger partial charge in [0.25, 0.3) is 11.7 Å². The van der Waals surface area contributed by atoms with Crippen molar-refractivity contribution in [1.82, 2.24) is 4.90 Å². The Morgan fingerprint density at radius 3 is 2.36 bits per heavy atom. The number of unbranched alkanes of at least 4 members (excludes halogenated alkanes) is 1. The van der Waals surface area contributed by atoms with Crippen molar-refractivity contribution < 1.29 is 29.0 Å². The van der Waals surface area contributed by atoms with Crippen molar-refractivity contribution in [3.05, 3.63) is 64.7 Å². The van der Waals surface area contributed by atoms with E-state index in [1.54, 1.807) is 42.5 Å². The molecule has 1 atom stereocenters. The maximum absolute atomic E-state index is 13.0. The third-order valence-corrected chi connectivity index (χ3v) is 5.50. The van der Waals surface area contributed by atoms with E-state index < -0.39 is 23.7 Å². The molecular formula is C26H29NO6. The standard InChI is InChI=1S/C26H29NO6/c1-5-7-14-27-23(18-8-11-20(12-9-18)33-17(4)28)22(25(30)26(27)31)24(29)19-10-13-21(32-6-2)16(3)15-19/h8-13,15,23,29H,5-7,14H2,1-4H3/b24-22-. The van der Waals surface area contributed by atoms with E-state index >= 15 is 0 Å². The molecule has 0 aliphatic carbocycles. The van der Waals surface area contributed by atoms with Crippen LogP contribution < -0.4 is 9.47 Å². The van der Waals surface area contributed by atoms with Gasteiger partial charge in [0, 0.05) is 19.0 Å². The van der Waals surface area contributed by atoms with E-state index in [9.17, 15) is 19.5 Å². The lowest BCUT2D eigenvalue weighted by atomic mass is 9.94. The van der Waals surface area contributed by atoms with Crippen molar-refractivity contribution >= 4 is 23.4 Å². The lowest BCUT2D eigenvalue weighted by molar-refractivity contribution is -0.139. The molecule has 7 nitrogen and oxygen atoms in total. The molecule has 3 rings (SSSR count). The summed E-state index contributed by atoms with van der Waals surface area (Å²) in [6.45, 7) is 7.95. The fourth-order valence-electron chi connectivity index (χ4n) is 3.94. The van der Waals surface area contributed by atoms with Crippen LogP contribution in [0.4, 0.5) is 0 Å². The highest BCUT2D eigenvalue weighted by Gasteiger charge is 2.45. The molecule has 1 unspecified atom stereocenters. The number of aliphatic hydroxyl groups excluding tert-OH is 1. The van der Waals surface area contributed by atoms with Crippen molar-refractivity contribution in [2.24, 2.45) is 0 Å². The van der Waals surface area contributed by atoms with Crippen molar-refractivity contribution in [3.8, 4) is 11.5 Å². The van der Waals surface area contributed by atoms with E-state index in [2.05, 4.69) is 0 Å². The fourth-order valence-corrected chi connectivity index (χ4v) is 3.94. The maximum Gasteiger partial charge on any atom is 0.308 e. The number of aryl methyl sites for hydroxylation is 1. The van der Waals surface area contributed by atoms with Gasteiger partial charge in [0.1, 0.15) is 17.3 Å². The number of aliphatic hydroxyl groups is 1. The first-order chi connectivity index (χ1) is 15.8. The molecule has 7 heteroatoms. The van der Waals surface area contributed by atoms with E-state index in [4.69, 9.17) is 9.47 Å². The Hall–Kier alpha value is -3.61. The van der Waals surface area contributed by atoms with Crippen LogP contribution >= 0.6 is 0 Å². The van der Waals surface area contributed by atoms with Crippen LogP contribution in [0.15, 0.2) is 48.0 Å². The first kappa shape index (κ1) is 24.0. The molecule has 33 heavy (non-hydrogen) atoms. The number of rotatable bonds is 8. The lowest BCUT2D eigenvalue weighted by Gasteiger charge is -2.25. The second-order valence-corrected chi connectivity index (χ2v) is 7.92. The van der Waals surface area contributed by atoms with Crippen LogP contribution in [-0.2, 0) is 14.4 Å². The molecule has 1 fully saturated rings. The average Bonchev–Trinajstić information content (AvgIpc) is 3.03. The molecule has 1 heterocycles.